The van der Waals surface area contributed by atoms with Gasteiger partial charge in [0, 0.05) is 30.9 Å². The van der Waals surface area contributed by atoms with E-state index in [1.165, 1.54) is 12.5 Å². The Morgan fingerprint density at radius 3 is 2.00 bits per heavy atom. The number of imidazole rings is 1. The fourth-order valence-corrected chi connectivity index (χ4v) is 6.73. The first-order chi connectivity index (χ1) is 28.3. The third-order valence-electron chi connectivity index (χ3n) is 10.1. The van der Waals surface area contributed by atoms with E-state index in [4.69, 9.17) is 4.74 Å². The van der Waals surface area contributed by atoms with E-state index in [2.05, 4.69) is 41.5 Å². The molecule has 3 rings (SSSR count). The van der Waals surface area contributed by atoms with Gasteiger partial charge in [-0.05, 0) is 62.6 Å². The summed E-state index contributed by atoms with van der Waals surface area (Å²) in [6, 6.07) is 10.0. The maximum absolute atomic E-state index is 14.3. The molecule has 0 aliphatic heterocycles. The van der Waals surface area contributed by atoms with Gasteiger partial charge < -0.3 is 46.5 Å². The first kappa shape index (κ1) is 49.0. The Morgan fingerprint density at radius 2 is 1.43 bits per heavy atom. The van der Waals surface area contributed by atoms with Crippen molar-refractivity contribution >= 4 is 29.7 Å². The van der Waals surface area contributed by atoms with Crippen molar-refractivity contribution in [3.05, 3.63) is 84.2 Å². The zero-order chi connectivity index (χ0) is 44.6. The van der Waals surface area contributed by atoms with E-state index >= 15 is 0 Å². The van der Waals surface area contributed by atoms with Gasteiger partial charge in [-0.2, -0.15) is 0 Å². The van der Waals surface area contributed by atoms with E-state index < -0.39 is 83.5 Å². The van der Waals surface area contributed by atoms with Crippen LogP contribution in [-0.2, 0) is 43.3 Å². The number of hydrogen-bond donors (Lipinski definition) is 8. The molecule has 0 bridgehead atoms. The lowest BCUT2D eigenvalue weighted by molar-refractivity contribution is -0.141. The highest BCUT2D eigenvalue weighted by Crippen LogP contribution is 2.24. The summed E-state index contributed by atoms with van der Waals surface area (Å²) in [5, 5.41) is 37.5. The number of aromatic amines is 1. The zero-order valence-electron chi connectivity index (χ0n) is 36.4. The number of hydrogen-bond acceptors (Lipinski definition) is 10. The van der Waals surface area contributed by atoms with Crippen LogP contribution < -0.4 is 26.6 Å². The van der Waals surface area contributed by atoms with Crippen molar-refractivity contribution in [2.45, 2.75) is 137 Å². The second-order valence-electron chi connectivity index (χ2n) is 17.1. The van der Waals surface area contributed by atoms with Crippen LogP contribution in [0.25, 0.3) is 0 Å². The fraction of sp³-hybridized carbons (Fsp3) is 0.568. The van der Waals surface area contributed by atoms with Crippen molar-refractivity contribution in [3.8, 4) is 0 Å². The van der Waals surface area contributed by atoms with Crippen molar-refractivity contribution in [2.24, 2.45) is 23.7 Å². The summed E-state index contributed by atoms with van der Waals surface area (Å²) in [6.45, 7) is 16.2. The van der Waals surface area contributed by atoms with Crippen molar-refractivity contribution in [1.29, 1.82) is 0 Å². The maximum atomic E-state index is 14.3. The highest BCUT2D eigenvalue weighted by molar-refractivity contribution is 5.92. The van der Waals surface area contributed by atoms with Gasteiger partial charge >= 0.3 is 6.09 Å². The van der Waals surface area contributed by atoms with Gasteiger partial charge in [-0.25, -0.2) is 9.78 Å². The van der Waals surface area contributed by atoms with Crippen LogP contribution in [0.2, 0.25) is 0 Å². The Kier molecular flexibility index (Phi) is 19.2. The second kappa shape index (κ2) is 23.4. The predicted molar refractivity (Wildman–Crippen MR) is 227 cm³/mol. The Morgan fingerprint density at radius 1 is 0.783 bits per heavy atom. The molecule has 2 aromatic heterocycles. The molecule has 5 amide bonds. The van der Waals surface area contributed by atoms with Crippen LogP contribution in [0, 0.1) is 23.7 Å². The molecular formula is C44H66N8O8. The Bertz CT molecular complexity index is 1790. The summed E-state index contributed by atoms with van der Waals surface area (Å²) < 4.78 is 5.44. The number of alkyl carbamates (subject to hydrolysis) is 1. The second-order valence-corrected chi connectivity index (χ2v) is 17.1. The van der Waals surface area contributed by atoms with Crippen LogP contribution in [0.1, 0.15) is 92.1 Å². The van der Waals surface area contributed by atoms with Gasteiger partial charge in [-0.1, -0.05) is 84.4 Å². The van der Waals surface area contributed by atoms with Gasteiger partial charge in [-0.15, -0.1) is 0 Å². The summed E-state index contributed by atoms with van der Waals surface area (Å²) in [5.41, 5.74) is 1.08. The van der Waals surface area contributed by atoms with E-state index in [-0.39, 0.29) is 37.6 Å². The molecular weight excluding hydrogens is 769 g/mol. The molecule has 16 heteroatoms. The number of pyridine rings is 1. The SMILES string of the molecule is CC[C@H](C)[C@H](NC(=O)[C@@H](C(C)C)C(O)C(O)[C@H](CC(C)C)NC(=O)[C@H](Cc1cnc[nH]1)NC(=O)[C@H](Cc1ccccc1)NC(=O)OC(C)(C)C)C(=O)NCc1ccccn1. The van der Waals surface area contributed by atoms with Crippen LogP contribution in [0.15, 0.2) is 67.3 Å². The molecule has 0 saturated carbocycles. The summed E-state index contributed by atoms with van der Waals surface area (Å²) in [4.78, 5) is 79.8. The number of rotatable bonds is 22. The van der Waals surface area contributed by atoms with E-state index in [1.807, 2.05) is 52.0 Å². The Balaban J connectivity index is 1.86. The number of aliphatic hydroxyl groups excluding tert-OH is 2. The number of carbonyl (C=O) groups excluding carboxylic acids is 5. The van der Waals surface area contributed by atoms with E-state index in [1.54, 1.807) is 65.1 Å². The van der Waals surface area contributed by atoms with Crippen LogP contribution in [0.4, 0.5) is 4.79 Å². The number of carbonyl (C=O) groups is 5. The molecule has 0 radical (unpaired) electrons. The molecule has 8 atom stereocenters. The lowest BCUT2D eigenvalue weighted by Gasteiger charge is -2.36. The van der Waals surface area contributed by atoms with Crippen LogP contribution in [-0.4, -0.2) is 96.9 Å². The lowest BCUT2D eigenvalue weighted by atomic mass is 9.82. The van der Waals surface area contributed by atoms with Crippen LogP contribution >= 0.6 is 0 Å². The number of amides is 5. The number of aromatic nitrogens is 3. The van der Waals surface area contributed by atoms with Gasteiger partial charge in [0.1, 0.15) is 29.8 Å². The first-order valence-electron chi connectivity index (χ1n) is 20.7. The molecule has 0 fully saturated rings. The van der Waals surface area contributed by atoms with E-state index in [0.29, 0.717) is 17.8 Å². The van der Waals surface area contributed by atoms with Crippen LogP contribution in [0.5, 0.6) is 0 Å². The minimum atomic E-state index is -1.67. The Labute approximate surface area is 353 Å². The smallest absolute Gasteiger partial charge is 0.408 e. The van der Waals surface area contributed by atoms with Gasteiger partial charge in [-0.3, -0.25) is 24.2 Å². The van der Waals surface area contributed by atoms with E-state index in [0.717, 1.165) is 5.56 Å². The third kappa shape index (κ3) is 16.0. The Hall–Kier alpha value is -5.35. The average Bonchev–Trinajstić information content (AvgIpc) is 3.70. The monoisotopic (exact) mass is 835 g/mol. The topological polar surface area (TPSA) is 237 Å². The van der Waals surface area contributed by atoms with Gasteiger partial charge in [0.15, 0.2) is 0 Å². The van der Waals surface area contributed by atoms with Crippen molar-refractivity contribution in [3.63, 3.8) is 0 Å². The van der Waals surface area contributed by atoms with Crippen LogP contribution in [0.3, 0.4) is 0 Å². The highest BCUT2D eigenvalue weighted by Gasteiger charge is 2.41. The largest absolute Gasteiger partial charge is 0.444 e. The molecule has 0 saturated heterocycles. The normalized spacial score (nSPS) is 15.7. The number of nitrogens with one attached hydrogen (secondary N) is 6. The highest BCUT2D eigenvalue weighted by atomic mass is 16.6. The summed E-state index contributed by atoms with van der Waals surface area (Å²) in [6.07, 6.45) is 1.26. The number of aliphatic hydroxyl groups is 2. The molecule has 60 heavy (non-hydrogen) atoms. The molecule has 0 spiro atoms. The van der Waals surface area contributed by atoms with Crippen molar-refractivity contribution in [2.75, 3.05) is 0 Å². The molecule has 2 heterocycles. The maximum Gasteiger partial charge on any atom is 0.408 e. The number of benzene rings is 1. The van der Waals surface area contributed by atoms with Crippen molar-refractivity contribution in [1.82, 2.24) is 41.5 Å². The zero-order valence-corrected chi connectivity index (χ0v) is 36.4. The third-order valence-corrected chi connectivity index (χ3v) is 10.1. The molecule has 8 N–H and O–H groups in total. The standard InChI is InChI=1S/C44H66N8O8/c1-10-28(6)36(42(58)47-24-30-18-14-15-19-46-30)52-41(57)35(27(4)5)38(54)37(53)32(20-26(2)3)49-40(56)34(22-31-23-45-25-48-31)50-39(55)33(21-29-16-12-11-13-17-29)51-43(59)60-44(7,8)9/h11-19,23,25-28,32-38,53-54H,10,20-22,24H2,1-9H3,(H,45,48)(H,47,58)(H,49,56)(H,50,55)(H,51,59)(H,52,57)/t28-,32-,33-,34-,35-,36-,37?,38?/m0/s1. The molecule has 3 aromatic rings. The molecule has 16 nitrogen and oxygen atoms in total. The number of nitrogens with zero attached hydrogens (tertiary/aromatic N) is 2. The lowest BCUT2D eigenvalue weighted by Crippen LogP contribution is -2.60. The van der Waals surface area contributed by atoms with Gasteiger partial charge in [0.2, 0.25) is 23.6 Å². The summed E-state index contributed by atoms with van der Waals surface area (Å²) in [7, 11) is 0. The minimum Gasteiger partial charge on any atom is -0.444 e. The molecule has 2 unspecified atom stereocenters. The minimum absolute atomic E-state index is 0.0362. The van der Waals surface area contributed by atoms with Gasteiger partial charge in [0.25, 0.3) is 0 Å². The summed E-state index contributed by atoms with van der Waals surface area (Å²) >= 11 is 0. The quantitative estimate of drug-likeness (QED) is 0.0735. The molecule has 330 valence electrons. The number of H-pyrrole nitrogens is 1. The van der Waals surface area contributed by atoms with E-state index in [9.17, 15) is 34.2 Å². The molecule has 1 aromatic carbocycles. The van der Waals surface area contributed by atoms with Gasteiger partial charge in [0.05, 0.1) is 36.6 Å². The fourth-order valence-electron chi connectivity index (χ4n) is 6.73. The first-order valence-corrected chi connectivity index (χ1v) is 20.7. The molecule has 0 aliphatic rings. The average molecular weight is 835 g/mol. The number of ether oxygens (including phenoxy) is 1. The molecule has 0 aliphatic carbocycles. The predicted octanol–water partition coefficient (Wildman–Crippen LogP) is 3.34. The van der Waals surface area contributed by atoms with Crippen molar-refractivity contribution < 1.29 is 38.9 Å². The summed E-state index contributed by atoms with van der Waals surface area (Å²) in [5.74, 6) is -4.42.